The molecule has 3 rings (SSSR count). The number of carbonyl (C=O) groups excluding carboxylic acids is 2. The van der Waals surface area contributed by atoms with Crippen molar-refractivity contribution in [1.29, 1.82) is 0 Å². The fraction of sp³-hybridized carbons (Fsp3) is 0.417. The number of ether oxygens (including phenoxy) is 2. The number of aryl methyl sites for hydroxylation is 2. The largest absolute Gasteiger partial charge is 0.490 e. The molecule has 9 heteroatoms. The van der Waals surface area contributed by atoms with Gasteiger partial charge in [-0.1, -0.05) is 23.8 Å². The van der Waals surface area contributed by atoms with Crippen LogP contribution in [-0.4, -0.2) is 42.6 Å². The number of hydrogen-bond donors (Lipinski definition) is 2. The van der Waals surface area contributed by atoms with Gasteiger partial charge in [0.1, 0.15) is 0 Å². The zero-order valence-corrected chi connectivity index (χ0v) is 19.0. The zero-order chi connectivity index (χ0) is 24.0. The summed E-state index contributed by atoms with van der Waals surface area (Å²) in [6.45, 7) is 3.39. The highest BCUT2D eigenvalue weighted by atomic mass is 19.3. The molecule has 0 bridgehead atoms. The molecule has 2 aromatic carbocycles. The summed E-state index contributed by atoms with van der Waals surface area (Å²) in [7, 11) is 0. The number of carbonyl (C=O) groups is 2. The third-order valence-electron chi connectivity index (χ3n) is 5.20. The number of rotatable bonds is 10. The fourth-order valence-corrected chi connectivity index (χ4v) is 3.56. The van der Waals surface area contributed by atoms with Crippen LogP contribution in [0, 0.1) is 13.8 Å². The Morgan fingerprint density at radius 2 is 1.88 bits per heavy atom. The van der Waals surface area contributed by atoms with Gasteiger partial charge in [-0.05, 0) is 62.9 Å². The maximum atomic E-state index is 12.6. The van der Waals surface area contributed by atoms with Crippen LogP contribution in [0.4, 0.5) is 19.3 Å². The van der Waals surface area contributed by atoms with Crippen LogP contribution in [-0.2, 0) is 11.3 Å². The molecule has 1 saturated carbocycles. The van der Waals surface area contributed by atoms with Crippen LogP contribution in [0.3, 0.4) is 0 Å². The van der Waals surface area contributed by atoms with Crippen molar-refractivity contribution in [3.63, 3.8) is 0 Å². The van der Waals surface area contributed by atoms with Gasteiger partial charge in [0, 0.05) is 18.3 Å². The van der Waals surface area contributed by atoms with Crippen LogP contribution in [0.1, 0.15) is 36.5 Å². The summed E-state index contributed by atoms with van der Waals surface area (Å²) in [5.74, 6) is -0.232. The normalized spacial score (nSPS) is 13.2. The summed E-state index contributed by atoms with van der Waals surface area (Å²) in [5.41, 5.74) is 3.41. The second-order valence-electron chi connectivity index (χ2n) is 8.05. The van der Waals surface area contributed by atoms with E-state index in [4.69, 9.17) is 4.74 Å². The number of hydrogen-bond acceptors (Lipinski definition) is 5. The van der Waals surface area contributed by atoms with Crippen LogP contribution in [0.5, 0.6) is 11.5 Å². The first-order chi connectivity index (χ1) is 15.7. The fourth-order valence-electron chi connectivity index (χ4n) is 3.56. The first kappa shape index (κ1) is 24.4. The van der Waals surface area contributed by atoms with Gasteiger partial charge in [-0.2, -0.15) is 8.78 Å². The number of anilines is 1. The molecule has 0 aliphatic heterocycles. The molecular formula is C24H29F2N3O4. The van der Waals surface area contributed by atoms with Gasteiger partial charge >= 0.3 is 12.6 Å². The molecule has 1 aliphatic carbocycles. The van der Waals surface area contributed by atoms with Gasteiger partial charge in [-0.3, -0.25) is 15.0 Å². The number of alkyl halides is 2. The lowest BCUT2D eigenvalue weighted by Gasteiger charge is -2.22. The van der Waals surface area contributed by atoms with E-state index in [1.54, 1.807) is 25.1 Å². The van der Waals surface area contributed by atoms with E-state index in [1.807, 2.05) is 30.9 Å². The molecule has 0 saturated heterocycles. The third-order valence-corrected chi connectivity index (χ3v) is 5.20. The zero-order valence-electron chi connectivity index (χ0n) is 19.0. The Balaban J connectivity index is 1.61. The maximum Gasteiger partial charge on any atom is 0.387 e. The minimum Gasteiger partial charge on any atom is -0.490 e. The molecule has 0 aromatic heterocycles. The quantitative estimate of drug-likeness (QED) is 0.540. The molecule has 1 aliphatic rings. The summed E-state index contributed by atoms with van der Waals surface area (Å²) in [6, 6.07) is 10.0. The van der Waals surface area contributed by atoms with Crippen LogP contribution >= 0.6 is 0 Å². The van der Waals surface area contributed by atoms with Crippen LogP contribution in [0.25, 0.3) is 0 Å². The first-order valence-corrected chi connectivity index (χ1v) is 10.9. The van der Waals surface area contributed by atoms with Crippen molar-refractivity contribution >= 4 is 17.6 Å². The number of benzene rings is 2. The van der Waals surface area contributed by atoms with Gasteiger partial charge in [0.2, 0.25) is 5.91 Å². The highest BCUT2D eigenvalue weighted by Gasteiger charge is 2.31. The Morgan fingerprint density at radius 3 is 2.52 bits per heavy atom. The first-order valence-electron chi connectivity index (χ1n) is 10.9. The topological polar surface area (TPSA) is 79.9 Å². The van der Waals surface area contributed by atoms with E-state index in [0.29, 0.717) is 18.8 Å². The predicted octanol–water partition coefficient (Wildman–Crippen LogP) is 4.62. The summed E-state index contributed by atoms with van der Waals surface area (Å²) in [6.07, 6.45) is 1.90. The van der Waals surface area contributed by atoms with E-state index in [2.05, 4.69) is 15.4 Å². The lowest BCUT2D eigenvalue weighted by atomic mass is 10.1. The third kappa shape index (κ3) is 7.42. The molecule has 178 valence electrons. The van der Waals surface area contributed by atoms with Crippen molar-refractivity contribution in [3.05, 3.63) is 53.1 Å². The second-order valence-corrected chi connectivity index (χ2v) is 8.05. The summed E-state index contributed by atoms with van der Waals surface area (Å²) in [5, 5.41) is 5.07. The van der Waals surface area contributed by atoms with E-state index in [1.165, 1.54) is 6.07 Å². The van der Waals surface area contributed by atoms with Crippen molar-refractivity contribution in [2.75, 3.05) is 18.5 Å². The van der Waals surface area contributed by atoms with Crippen molar-refractivity contribution in [3.8, 4) is 11.5 Å². The van der Waals surface area contributed by atoms with E-state index in [9.17, 15) is 18.4 Å². The van der Waals surface area contributed by atoms with Crippen LogP contribution < -0.4 is 20.1 Å². The van der Waals surface area contributed by atoms with Crippen molar-refractivity contribution in [1.82, 2.24) is 10.2 Å². The second kappa shape index (κ2) is 11.1. The number of nitrogens with one attached hydrogen (secondary N) is 2. The monoisotopic (exact) mass is 461 g/mol. The van der Waals surface area contributed by atoms with E-state index in [-0.39, 0.29) is 24.1 Å². The van der Waals surface area contributed by atoms with Crippen LogP contribution in [0.2, 0.25) is 0 Å². The molecule has 3 amide bonds. The SMILES string of the molecule is CCOc1cc(CN(CC(=O)NC(=O)Nc2ccc(C)cc2C)C2CC2)ccc1OC(F)F. The Kier molecular flexibility index (Phi) is 8.21. The molecule has 0 radical (unpaired) electrons. The van der Waals surface area contributed by atoms with E-state index >= 15 is 0 Å². The number of imide groups is 1. The van der Waals surface area contributed by atoms with Crippen molar-refractivity contribution < 1.29 is 27.8 Å². The van der Waals surface area contributed by atoms with E-state index < -0.39 is 18.5 Å². The maximum absolute atomic E-state index is 12.6. The summed E-state index contributed by atoms with van der Waals surface area (Å²) in [4.78, 5) is 26.7. The molecule has 1 fully saturated rings. The summed E-state index contributed by atoms with van der Waals surface area (Å²) >= 11 is 0. The van der Waals surface area contributed by atoms with Gasteiger partial charge in [-0.25, -0.2) is 4.79 Å². The average Bonchev–Trinajstić information content (AvgIpc) is 3.57. The van der Waals surface area contributed by atoms with Crippen molar-refractivity contribution in [2.24, 2.45) is 0 Å². The Bertz CT molecular complexity index is 996. The van der Waals surface area contributed by atoms with E-state index in [0.717, 1.165) is 29.5 Å². The van der Waals surface area contributed by atoms with Gasteiger partial charge < -0.3 is 14.8 Å². The van der Waals surface area contributed by atoms with Crippen molar-refractivity contribution in [2.45, 2.75) is 52.8 Å². The number of halogens is 2. The lowest BCUT2D eigenvalue weighted by Crippen LogP contribution is -2.42. The van der Waals surface area contributed by atoms with Gasteiger partial charge in [0.25, 0.3) is 0 Å². The summed E-state index contributed by atoms with van der Waals surface area (Å²) < 4.78 is 35.2. The molecule has 0 unspecified atom stereocenters. The Hall–Kier alpha value is -3.20. The van der Waals surface area contributed by atoms with Gasteiger partial charge in [0.15, 0.2) is 11.5 Å². The predicted molar refractivity (Wildman–Crippen MR) is 121 cm³/mol. The average molecular weight is 462 g/mol. The highest BCUT2D eigenvalue weighted by Crippen LogP contribution is 2.32. The molecule has 2 N–H and O–H groups in total. The number of urea groups is 1. The molecule has 33 heavy (non-hydrogen) atoms. The molecule has 0 atom stereocenters. The number of nitrogens with zero attached hydrogens (tertiary/aromatic N) is 1. The van der Waals surface area contributed by atoms with Gasteiger partial charge in [-0.15, -0.1) is 0 Å². The smallest absolute Gasteiger partial charge is 0.387 e. The Labute approximate surface area is 192 Å². The molecule has 7 nitrogen and oxygen atoms in total. The highest BCUT2D eigenvalue weighted by molar-refractivity contribution is 6.02. The minimum absolute atomic E-state index is 0.0320. The van der Waals surface area contributed by atoms with Gasteiger partial charge in [0.05, 0.1) is 13.2 Å². The molecular weight excluding hydrogens is 432 g/mol. The number of amides is 3. The van der Waals surface area contributed by atoms with Crippen LogP contribution in [0.15, 0.2) is 36.4 Å². The minimum atomic E-state index is -2.95. The molecule has 2 aromatic rings. The lowest BCUT2D eigenvalue weighted by molar-refractivity contribution is -0.121. The Morgan fingerprint density at radius 1 is 1.12 bits per heavy atom. The molecule has 0 spiro atoms. The molecule has 0 heterocycles. The standard InChI is InChI=1S/C24H29F2N3O4/c1-4-32-21-12-17(6-10-20(21)33-23(25)26)13-29(18-7-8-18)14-22(30)28-24(31)27-19-9-5-15(2)11-16(19)3/h5-6,9-12,18,23H,4,7-8,13-14H2,1-3H3,(H2,27,28,30,31).